The van der Waals surface area contributed by atoms with Crippen molar-refractivity contribution in [1.82, 2.24) is 19.6 Å². The zero-order valence-corrected chi connectivity index (χ0v) is 32.9. The van der Waals surface area contributed by atoms with Gasteiger partial charge in [-0.2, -0.15) is 9.80 Å². The summed E-state index contributed by atoms with van der Waals surface area (Å²) in [6.07, 6.45) is -1.07. The molecule has 4 aliphatic rings. The number of imide groups is 6. The molecule has 0 aromatic heterocycles. The van der Waals surface area contributed by atoms with E-state index in [9.17, 15) is 43.5 Å². The van der Waals surface area contributed by atoms with E-state index in [1.807, 2.05) is 37.3 Å². The molecule has 4 unspecified atom stereocenters. The molecule has 0 bridgehead atoms. The summed E-state index contributed by atoms with van der Waals surface area (Å²) in [4.78, 5) is 104. The first-order valence-corrected chi connectivity index (χ1v) is 18.8. The highest BCUT2D eigenvalue weighted by atomic mass is 16.6. The number of carbonyl (C=O) groups is 8. The Kier molecular flexibility index (Phi) is 12.1. The minimum absolute atomic E-state index is 0.00666. The smallest absolute Gasteiger partial charge is 0.424 e. The molecule has 8 amide bonds. The molecule has 4 heterocycles. The van der Waals surface area contributed by atoms with Crippen LogP contribution in [0.3, 0.4) is 0 Å². The molecule has 0 radical (unpaired) electrons. The molecule has 15 heteroatoms. The van der Waals surface area contributed by atoms with Gasteiger partial charge in [0.05, 0.1) is 0 Å². The van der Waals surface area contributed by atoms with Crippen molar-refractivity contribution in [2.75, 3.05) is 13.1 Å². The molecule has 0 saturated carbocycles. The number of aromatic hydroxyl groups is 1. The molecule has 6 rings (SSSR count). The zero-order chi connectivity index (χ0) is 41.3. The largest absolute Gasteiger partial charge is 0.508 e. The van der Waals surface area contributed by atoms with Gasteiger partial charge in [0.25, 0.3) is 11.8 Å². The predicted molar refractivity (Wildman–Crippen MR) is 200 cm³/mol. The van der Waals surface area contributed by atoms with E-state index in [0.29, 0.717) is 22.8 Å². The molecule has 0 spiro atoms. The second-order valence-corrected chi connectivity index (χ2v) is 16.6. The summed E-state index contributed by atoms with van der Waals surface area (Å²) in [5.41, 5.74) is 1.29. The summed E-state index contributed by atoms with van der Waals surface area (Å²) in [5, 5.41) is 9.67. The first kappa shape index (κ1) is 41.6. The number of hydrogen-bond acceptors (Lipinski definition) is 11. The van der Waals surface area contributed by atoms with E-state index < -0.39 is 59.1 Å². The van der Waals surface area contributed by atoms with Crippen molar-refractivity contribution in [2.45, 2.75) is 122 Å². The number of aryl methyl sites for hydroxylation is 1. The first-order valence-electron chi connectivity index (χ1n) is 18.8. The van der Waals surface area contributed by atoms with Gasteiger partial charge >= 0.3 is 12.2 Å². The minimum Gasteiger partial charge on any atom is -0.508 e. The van der Waals surface area contributed by atoms with Gasteiger partial charge in [-0.15, -0.1) is 0 Å². The maximum Gasteiger partial charge on any atom is 0.424 e. The third-order valence-electron chi connectivity index (χ3n) is 9.85. The molecule has 300 valence electrons. The molecular weight excluding hydrogens is 724 g/mol. The number of phenolic OH excluding ortho intramolecular Hbond substituents is 1. The average Bonchev–Trinajstić information content (AvgIpc) is 3.66. The average molecular weight is 775 g/mol. The molecule has 4 atom stereocenters. The fourth-order valence-electron chi connectivity index (χ4n) is 7.33. The van der Waals surface area contributed by atoms with Crippen molar-refractivity contribution in [3.05, 3.63) is 65.2 Å². The van der Waals surface area contributed by atoms with Crippen LogP contribution < -0.4 is 0 Å². The molecule has 1 N–H and O–H groups in total. The Hall–Kier alpha value is -5.60. The highest BCUT2D eigenvalue weighted by Crippen LogP contribution is 2.35. The van der Waals surface area contributed by atoms with E-state index in [4.69, 9.17) is 9.47 Å². The molecule has 4 saturated heterocycles. The normalized spacial score (nSPS) is 23.3. The number of hydrogen-bond donors (Lipinski definition) is 1. The first-order chi connectivity index (χ1) is 26.1. The number of nitrogens with zero attached hydrogens (tertiary/aromatic N) is 4. The number of rotatable bonds is 4. The summed E-state index contributed by atoms with van der Waals surface area (Å²) in [7, 11) is 0. The SMILES string of the molecule is CC(C)(C)OC(=O)N1C(=O)CCC(N2CC(c3cccc(O)c3)CC2=O)C1=O.Cc1cccc(C2CC(=O)N(C3CCC(=O)N(C(=O)OC(C)(C)C)C3=O)C2)c1. The van der Waals surface area contributed by atoms with Crippen LogP contribution in [0.2, 0.25) is 0 Å². The number of amides is 8. The predicted octanol–water partition coefficient (Wildman–Crippen LogP) is 4.92. The summed E-state index contributed by atoms with van der Waals surface area (Å²) >= 11 is 0. The van der Waals surface area contributed by atoms with Crippen molar-refractivity contribution in [2.24, 2.45) is 0 Å². The Morgan fingerprint density at radius 3 is 1.43 bits per heavy atom. The van der Waals surface area contributed by atoms with Gasteiger partial charge < -0.3 is 24.4 Å². The van der Waals surface area contributed by atoms with Crippen LogP contribution in [0.1, 0.15) is 109 Å². The van der Waals surface area contributed by atoms with Crippen molar-refractivity contribution >= 4 is 47.6 Å². The Morgan fingerprint density at radius 1 is 0.625 bits per heavy atom. The number of ether oxygens (including phenoxy) is 2. The Balaban J connectivity index is 0.000000214. The number of carbonyl (C=O) groups excluding carboxylic acids is 8. The van der Waals surface area contributed by atoms with Crippen LogP contribution in [0.5, 0.6) is 5.75 Å². The van der Waals surface area contributed by atoms with Crippen molar-refractivity contribution < 1.29 is 52.9 Å². The molecule has 2 aromatic rings. The Bertz CT molecular complexity index is 1790. The molecular formula is C41H50N4O11. The van der Waals surface area contributed by atoms with Gasteiger partial charge in [-0.05, 0) is 84.6 Å². The van der Waals surface area contributed by atoms with Gasteiger partial charge in [0.1, 0.15) is 29.0 Å². The molecule has 4 aliphatic heterocycles. The van der Waals surface area contributed by atoms with Gasteiger partial charge in [-0.25, -0.2) is 9.59 Å². The standard InChI is InChI=1S/C21H26N2O5.C20H24N2O6/c1-13-6-5-7-14(10-13)15-11-18(25)22(12-15)16-8-9-17(24)23(19(16)26)20(27)28-21(2,3)4;1-20(2,3)28-19(27)22-16(24)8-7-15(18(22)26)21-11-13(10-17(21)25)12-5-4-6-14(23)9-12/h5-7,10,15-16H,8-9,11-12H2,1-4H3;4-6,9,13,15,23H,7-8,10-11H2,1-3H3. The number of phenols is 1. The van der Waals surface area contributed by atoms with E-state index in [-0.39, 0.29) is 68.0 Å². The molecule has 2 aromatic carbocycles. The van der Waals surface area contributed by atoms with Gasteiger partial charge in [-0.1, -0.05) is 42.0 Å². The maximum atomic E-state index is 12.9. The second kappa shape index (κ2) is 16.2. The van der Waals surface area contributed by atoms with Crippen LogP contribution in [-0.2, 0) is 38.2 Å². The molecule has 56 heavy (non-hydrogen) atoms. The monoisotopic (exact) mass is 774 g/mol. The summed E-state index contributed by atoms with van der Waals surface area (Å²) in [6.45, 7) is 12.6. The summed E-state index contributed by atoms with van der Waals surface area (Å²) in [5.74, 6) is -3.02. The Morgan fingerprint density at radius 2 is 1.04 bits per heavy atom. The van der Waals surface area contributed by atoms with Crippen molar-refractivity contribution in [3.8, 4) is 5.75 Å². The van der Waals surface area contributed by atoms with Gasteiger partial charge in [-0.3, -0.25) is 28.8 Å². The quantitative estimate of drug-likeness (QED) is 0.415. The lowest BCUT2D eigenvalue weighted by Gasteiger charge is -2.35. The summed E-state index contributed by atoms with van der Waals surface area (Å²) in [6, 6.07) is 12.9. The number of piperidine rings is 2. The molecule has 4 fully saturated rings. The van der Waals surface area contributed by atoms with Crippen LogP contribution in [-0.4, -0.2) is 109 Å². The van der Waals surface area contributed by atoms with Gasteiger partial charge in [0.15, 0.2) is 0 Å². The van der Waals surface area contributed by atoms with Crippen LogP contribution in [0.4, 0.5) is 9.59 Å². The highest BCUT2D eigenvalue weighted by molar-refractivity contribution is 6.13. The maximum absolute atomic E-state index is 12.9. The van der Waals surface area contributed by atoms with Crippen LogP contribution in [0.25, 0.3) is 0 Å². The van der Waals surface area contributed by atoms with Crippen molar-refractivity contribution in [3.63, 3.8) is 0 Å². The van der Waals surface area contributed by atoms with Gasteiger partial charge in [0.2, 0.25) is 23.6 Å². The Labute approximate surface area is 325 Å². The highest BCUT2D eigenvalue weighted by Gasteiger charge is 2.48. The number of benzene rings is 2. The lowest BCUT2D eigenvalue weighted by Crippen LogP contribution is -2.57. The van der Waals surface area contributed by atoms with E-state index >= 15 is 0 Å². The van der Waals surface area contributed by atoms with Crippen molar-refractivity contribution in [1.29, 1.82) is 0 Å². The fraction of sp³-hybridized carbons (Fsp3) is 0.512. The van der Waals surface area contributed by atoms with Crippen LogP contribution >= 0.6 is 0 Å². The van der Waals surface area contributed by atoms with E-state index in [1.54, 1.807) is 59.7 Å². The zero-order valence-electron chi connectivity index (χ0n) is 32.9. The van der Waals surface area contributed by atoms with Gasteiger partial charge in [0, 0.05) is 50.6 Å². The molecule has 15 nitrogen and oxygen atoms in total. The minimum atomic E-state index is -1.01. The van der Waals surface area contributed by atoms with E-state index in [2.05, 4.69) is 0 Å². The fourth-order valence-corrected chi connectivity index (χ4v) is 7.33. The third-order valence-corrected chi connectivity index (χ3v) is 9.85. The number of likely N-dealkylation sites (tertiary alicyclic amines) is 4. The summed E-state index contributed by atoms with van der Waals surface area (Å²) < 4.78 is 10.4. The second-order valence-electron chi connectivity index (χ2n) is 16.6. The lowest BCUT2D eigenvalue weighted by atomic mass is 9.96. The van der Waals surface area contributed by atoms with E-state index in [1.165, 1.54) is 9.80 Å². The van der Waals surface area contributed by atoms with E-state index in [0.717, 1.165) is 16.7 Å². The topological polar surface area (TPSA) is 188 Å². The van der Waals surface area contributed by atoms with Crippen LogP contribution in [0.15, 0.2) is 48.5 Å². The third kappa shape index (κ3) is 9.61. The van der Waals surface area contributed by atoms with Crippen LogP contribution in [0, 0.1) is 6.92 Å². The lowest BCUT2D eigenvalue weighted by molar-refractivity contribution is -0.155. The molecule has 0 aliphatic carbocycles.